The minimum absolute atomic E-state index is 0.101. The summed E-state index contributed by atoms with van der Waals surface area (Å²) in [5.41, 5.74) is 2.11. The van der Waals surface area contributed by atoms with Gasteiger partial charge in [0.2, 0.25) is 0 Å². The summed E-state index contributed by atoms with van der Waals surface area (Å²) in [6.07, 6.45) is 0.247. The maximum Gasteiger partial charge on any atom is 0.127 e. The number of halogens is 1. The SMILES string of the molecule is CC(C)OCCn1c(C(C)Cl)nc2ccccc21. The number of hydrogen-bond acceptors (Lipinski definition) is 2. The van der Waals surface area contributed by atoms with Crippen LogP contribution in [0.4, 0.5) is 0 Å². The molecule has 1 atom stereocenters. The molecule has 1 heterocycles. The van der Waals surface area contributed by atoms with Crippen LogP contribution in [0.1, 0.15) is 32.0 Å². The molecule has 0 aliphatic heterocycles. The molecule has 2 rings (SSSR count). The van der Waals surface area contributed by atoms with Crippen molar-refractivity contribution in [1.82, 2.24) is 9.55 Å². The number of imidazole rings is 1. The zero-order valence-electron chi connectivity index (χ0n) is 11.1. The van der Waals surface area contributed by atoms with E-state index in [-0.39, 0.29) is 11.5 Å². The Morgan fingerprint density at radius 2 is 2.00 bits per heavy atom. The van der Waals surface area contributed by atoms with Crippen LogP contribution in [0.5, 0.6) is 0 Å². The number of hydrogen-bond donors (Lipinski definition) is 0. The molecule has 0 saturated carbocycles. The lowest BCUT2D eigenvalue weighted by molar-refractivity contribution is 0.0729. The molecule has 0 fully saturated rings. The number of alkyl halides is 1. The van der Waals surface area contributed by atoms with E-state index in [1.807, 2.05) is 39.0 Å². The van der Waals surface area contributed by atoms with E-state index in [4.69, 9.17) is 16.3 Å². The van der Waals surface area contributed by atoms with Gasteiger partial charge in [0.15, 0.2) is 0 Å². The van der Waals surface area contributed by atoms with Crippen LogP contribution in [0.15, 0.2) is 24.3 Å². The Balaban J connectivity index is 2.30. The van der Waals surface area contributed by atoms with Crippen molar-refractivity contribution in [2.24, 2.45) is 0 Å². The maximum atomic E-state index is 6.20. The molecule has 1 aromatic carbocycles. The summed E-state index contributed by atoms with van der Waals surface area (Å²) in [5.74, 6) is 0.908. The highest BCUT2D eigenvalue weighted by molar-refractivity contribution is 6.20. The average Bonchev–Trinajstić information content (AvgIpc) is 2.68. The molecule has 0 N–H and O–H groups in total. The predicted molar refractivity (Wildman–Crippen MR) is 75.1 cm³/mol. The van der Waals surface area contributed by atoms with E-state index >= 15 is 0 Å². The topological polar surface area (TPSA) is 27.1 Å². The molecular formula is C14H19ClN2O. The zero-order valence-corrected chi connectivity index (χ0v) is 11.8. The molecule has 2 aromatic rings. The van der Waals surface area contributed by atoms with Crippen LogP contribution in [-0.2, 0) is 11.3 Å². The fourth-order valence-corrected chi connectivity index (χ4v) is 2.18. The maximum absolute atomic E-state index is 6.20. The van der Waals surface area contributed by atoms with Crippen molar-refractivity contribution in [3.63, 3.8) is 0 Å². The van der Waals surface area contributed by atoms with E-state index in [0.717, 1.165) is 23.4 Å². The van der Waals surface area contributed by atoms with Crippen molar-refractivity contribution in [1.29, 1.82) is 0 Å². The van der Waals surface area contributed by atoms with Gasteiger partial charge in [-0.05, 0) is 32.9 Å². The van der Waals surface area contributed by atoms with Crippen LogP contribution < -0.4 is 0 Å². The molecule has 3 nitrogen and oxygen atoms in total. The van der Waals surface area contributed by atoms with Crippen LogP contribution in [0.25, 0.3) is 11.0 Å². The third kappa shape index (κ3) is 2.85. The van der Waals surface area contributed by atoms with Gasteiger partial charge in [0, 0.05) is 6.54 Å². The molecule has 0 amide bonds. The molecule has 0 bridgehead atoms. The second kappa shape index (κ2) is 5.72. The Bertz CT molecular complexity index is 519. The lowest BCUT2D eigenvalue weighted by atomic mass is 10.3. The number of aromatic nitrogens is 2. The normalized spacial score (nSPS) is 13.4. The molecule has 18 heavy (non-hydrogen) atoms. The van der Waals surface area contributed by atoms with Crippen molar-refractivity contribution < 1.29 is 4.74 Å². The Morgan fingerprint density at radius 1 is 1.28 bits per heavy atom. The summed E-state index contributed by atoms with van der Waals surface area (Å²) in [7, 11) is 0. The first-order valence-corrected chi connectivity index (χ1v) is 6.74. The van der Waals surface area contributed by atoms with Crippen molar-refractivity contribution in [2.75, 3.05) is 6.61 Å². The summed E-state index contributed by atoms with van der Waals surface area (Å²) in [6.45, 7) is 7.48. The number of nitrogens with zero attached hydrogens (tertiary/aromatic N) is 2. The fourth-order valence-electron chi connectivity index (χ4n) is 2.01. The van der Waals surface area contributed by atoms with Gasteiger partial charge in [-0.2, -0.15) is 0 Å². The van der Waals surface area contributed by atoms with Crippen LogP contribution in [-0.4, -0.2) is 22.3 Å². The van der Waals surface area contributed by atoms with Crippen molar-refractivity contribution >= 4 is 22.6 Å². The van der Waals surface area contributed by atoms with Gasteiger partial charge in [-0.3, -0.25) is 0 Å². The Kier molecular flexibility index (Phi) is 4.25. The van der Waals surface area contributed by atoms with E-state index in [0.29, 0.717) is 6.61 Å². The fraction of sp³-hybridized carbons (Fsp3) is 0.500. The van der Waals surface area contributed by atoms with Gasteiger partial charge in [0.1, 0.15) is 5.82 Å². The van der Waals surface area contributed by atoms with Crippen LogP contribution in [0, 0.1) is 0 Å². The lowest BCUT2D eigenvalue weighted by Gasteiger charge is -2.12. The molecule has 1 unspecified atom stereocenters. The van der Waals surface area contributed by atoms with E-state index < -0.39 is 0 Å². The molecule has 0 radical (unpaired) electrons. The number of fused-ring (bicyclic) bond motifs is 1. The standard InChI is InChI=1S/C14H19ClN2O/c1-10(2)18-9-8-17-13-7-5-4-6-12(13)16-14(17)11(3)15/h4-7,10-11H,8-9H2,1-3H3. The van der Waals surface area contributed by atoms with Crippen molar-refractivity contribution in [3.05, 3.63) is 30.1 Å². The van der Waals surface area contributed by atoms with E-state index in [2.05, 4.69) is 15.6 Å². The van der Waals surface area contributed by atoms with Gasteiger partial charge in [-0.15, -0.1) is 11.6 Å². The number of ether oxygens (including phenoxy) is 1. The average molecular weight is 267 g/mol. The monoisotopic (exact) mass is 266 g/mol. The summed E-state index contributed by atoms with van der Waals surface area (Å²) in [5, 5.41) is -0.101. The van der Waals surface area contributed by atoms with Gasteiger partial charge >= 0.3 is 0 Å². The Morgan fingerprint density at radius 3 is 2.67 bits per heavy atom. The first-order valence-electron chi connectivity index (χ1n) is 6.30. The summed E-state index contributed by atoms with van der Waals surface area (Å²) in [6, 6.07) is 8.10. The third-order valence-electron chi connectivity index (χ3n) is 2.81. The van der Waals surface area contributed by atoms with Crippen molar-refractivity contribution in [2.45, 2.75) is 38.8 Å². The predicted octanol–water partition coefficient (Wildman–Crippen LogP) is 3.76. The minimum atomic E-state index is -0.101. The van der Waals surface area contributed by atoms with E-state index in [9.17, 15) is 0 Å². The number of rotatable bonds is 5. The summed E-state index contributed by atoms with van der Waals surface area (Å²) < 4.78 is 7.76. The minimum Gasteiger partial charge on any atom is -0.377 e. The first-order chi connectivity index (χ1) is 8.59. The van der Waals surface area contributed by atoms with Crippen molar-refractivity contribution in [3.8, 4) is 0 Å². The molecule has 0 aliphatic carbocycles. The molecule has 0 spiro atoms. The number of benzene rings is 1. The van der Waals surface area contributed by atoms with Crippen LogP contribution in [0.3, 0.4) is 0 Å². The highest BCUT2D eigenvalue weighted by atomic mass is 35.5. The smallest absolute Gasteiger partial charge is 0.127 e. The molecule has 0 saturated heterocycles. The second-order valence-corrected chi connectivity index (χ2v) is 5.30. The van der Waals surface area contributed by atoms with Gasteiger partial charge in [-0.25, -0.2) is 4.98 Å². The second-order valence-electron chi connectivity index (χ2n) is 4.65. The Hall–Kier alpha value is -1.06. The highest BCUT2D eigenvalue weighted by Gasteiger charge is 2.14. The van der Waals surface area contributed by atoms with Gasteiger partial charge in [0.25, 0.3) is 0 Å². The van der Waals surface area contributed by atoms with Crippen LogP contribution in [0.2, 0.25) is 0 Å². The Labute approximate surface area is 113 Å². The van der Waals surface area contributed by atoms with Crippen LogP contribution >= 0.6 is 11.6 Å². The van der Waals surface area contributed by atoms with Gasteiger partial charge in [0.05, 0.1) is 29.1 Å². The third-order valence-corrected chi connectivity index (χ3v) is 3.00. The molecule has 1 aromatic heterocycles. The molecule has 98 valence electrons. The summed E-state index contributed by atoms with van der Waals surface area (Å²) in [4.78, 5) is 4.59. The van der Waals surface area contributed by atoms with E-state index in [1.165, 1.54) is 0 Å². The zero-order chi connectivity index (χ0) is 13.1. The van der Waals surface area contributed by atoms with Gasteiger partial charge < -0.3 is 9.30 Å². The first kappa shape index (κ1) is 13.4. The lowest BCUT2D eigenvalue weighted by Crippen LogP contribution is -2.12. The number of para-hydroxylation sites is 2. The van der Waals surface area contributed by atoms with Gasteiger partial charge in [-0.1, -0.05) is 12.1 Å². The quantitative estimate of drug-likeness (QED) is 0.771. The molecule has 4 heteroatoms. The molecule has 0 aliphatic rings. The molecular weight excluding hydrogens is 248 g/mol. The highest BCUT2D eigenvalue weighted by Crippen LogP contribution is 2.24. The largest absolute Gasteiger partial charge is 0.377 e. The summed E-state index contributed by atoms with van der Waals surface area (Å²) >= 11 is 6.20. The van der Waals surface area contributed by atoms with E-state index in [1.54, 1.807) is 0 Å².